The predicted molar refractivity (Wildman–Crippen MR) is 133 cm³/mol. The molecule has 2 aliphatic heterocycles. The molecule has 8 heteroatoms. The number of ether oxygens (including phenoxy) is 1. The van der Waals surface area contributed by atoms with Gasteiger partial charge in [-0.25, -0.2) is 4.99 Å². The third-order valence-electron chi connectivity index (χ3n) is 6.63. The van der Waals surface area contributed by atoms with E-state index >= 15 is 0 Å². The van der Waals surface area contributed by atoms with Crippen molar-refractivity contribution in [2.75, 3.05) is 13.3 Å². The van der Waals surface area contributed by atoms with Gasteiger partial charge in [-0.2, -0.15) is 5.26 Å². The van der Waals surface area contributed by atoms with Crippen molar-refractivity contribution in [1.29, 1.82) is 5.26 Å². The van der Waals surface area contributed by atoms with Crippen molar-refractivity contribution in [3.63, 3.8) is 0 Å². The van der Waals surface area contributed by atoms with Gasteiger partial charge in [0.1, 0.15) is 36.9 Å². The van der Waals surface area contributed by atoms with Crippen LogP contribution in [0, 0.1) is 17.2 Å². The van der Waals surface area contributed by atoms with Crippen molar-refractivity contribution in [2.24, 2.45) is 10.9 Å². The van der Waals surface area contributed by atoms with Gasteiger partial charge in [-0.1, -0.05) is 84.0 Å². The standard InChI is InChI=1S/C26H44N4O4/c1-2-3-4-5-6-7-8-9-10-11-12-13-14-15-24(32)29-23-16-17-30(20-28-23)26-21(18-27)25(33)22(19-31)34-26/h16-17,21-22,25-26,31,33H,2-15,19-20H2,1H3,(H,28,29,32)/t21-,22+,25-,26+/m0/s1. The average Bonchev–Trinajstić information content (AvgIpc) is 3.17. The Bertz CT molecular complexity index is 691. The number of nitrogens with zero attached hydrogens (tertiary/aromatic N) is 3. The summed E-state index contributed by atoms with van der Waals surface area (Å²) < 4.78 is 5.61. The summed E-state index contributed by atoms with van der Waals surface area (Å²) in [6.45, 7) is 2.11. The largest absolute Gasteiger partial charge is 0.394 e. The molecule has 2 aliphatic rings. The second-order valence-electron chi connectivity index (χ2n) is 9.45. The van der Waals surface area contributed by atoms with E-state index < -0.39 is 24.4 Å². The summed E-state index contributed by atoms with van der Waals surface area (Å²) in [5.74, 6) is -0.326. The van der Waals surface area contributed by atoms with E-state index in [1.807, 2.05) is 6.07 Å². The molecule has 1 amide bonds. The lowest BCUT2D eigenvalue weighted by molar-refractivity contribution is -0.119. The molecule has 0 aliphatic carbocycles. The second-order valence-corrected chi connectivity index (χ2v) is 9.45. The molecule has 0 aromatic rings. The predicted octanol–water partition coefficient (Wildman–Crippen LogP) is 3.99. The van der Waals surface area contributed by atoms with Gasteiger partial charge in [0.25, 0.3) is 0 Å². The lowest BCUT2D eigenvalue weighted by atomic mass is 10.0. The van der Waals surface area contributed by atoms with Crippen LogP contribution in [0.25, 0.3) is 0 Å². The van der Waals surface area contributed by atoms with Gasteiger partial charge in [-0.15, -0.1) is 0 Å². The maximum Gasteiger partial charge on any atom is 0.225 e. The highest BCUT2D eigenvalue weighted by Crippen LogP contribution is 2.29. The summed E-state index contributed by atoms with van der Waals surface area (Å²) in [7, 11) is 0. The van der Waals surface area contributed by atoms with E-state index in [0.717, 1.165) is 12.8 Å². The number of hydrogen-bond acceptors (Lipinski definition) is 7. The van der Waals surface area contributed by atoms with Crippen molar-refractivity contribution >= 4 is 11.7 Å². The van der Waals surface area contributed by atoms with E-state index in [0.29, 0.717) is 12.3 Å². The topological polar surface area (TPSA) is 118 Å². The second kappa shape index (κ2) is 16.6. The number of rotatable bonds is 16. The fraction of sp³-hybridized carbons (Fsp3) is 0.808. The Morgan fingerprint density at radius 3 is 2.21 bits per heavy atom. The van der Waals surface area contributed by atoms with Gasteiger partial charge in [-0.05, 0) is 12.5 Å². The third-order valence-corrected chi connectivity index (χ3v) is 6.63. The van der Waals surface area contributed by atoms with E-state index in [2.05, 4.69) is 17.2 Å². The number of carbonyl (C=O) groups is 1. The molecule has 0 aromatic carbocycles. The number of amidine groups is 1. The molecule has 1 fully saturated rings. The number of nitriles is 1. The molecule has 0 unspecified atom stereocenters. The number of aliphatic imine (C=N–C) groups is 1. The summed E-state index contributed by atoms with van der Waals surface area (Å²) in [6, 6.07) is 2.05. The fourth-order valence-electron chi connectivity index (χ4n) is 4.50. The van der Waals surface area contributed by atoms with E-state index in [1.165, 1.54) is 70.6 Å². The van der Waals surface area contributed by atoms with Crippen LogP contribution in [0.5, 0.6) is 0 Å². The minimum absolute atomic E-state index is 0.0392. The molecule has 4 atom stereocenters. The van der Waals surface area contributed by atoms with Gasteiger partial charge in [-0.3, -0.25) is 4.79 Å². The smallest absolute Gasteiger partial charge is 0.225 e. The van der Waals surface area contributed by atoms with Crippen molar-refractivity contribution in [3.8, 4) is 6.07 Å². The summed E-state index contributed by atoms with van der Waals surface area (Å²) in [6.07, 6.45) is 17.9. The van der Waals surface area contributed by atoms with Crippen LogP contribution in [0.3, 0.4) is 0 Å². The van der Waals surface area contributed by atoms with Crippen molar-refractivity contribution < 1.29 is 19.7 Å². The van der Waals surface area contributed by atoms with Crippen LogP contribution < -0.4 is 5.32 Å². The van der Waals surface area contributed by atoms with Crippen LogP contribution >= 0.6 is 0 Å². The van der Waals surface area contributed by atoms with Crippen LogP contribution in [0.2, 0.25) is 0 Å². The molecule has 0 aromatic heterocycles. The minimum atomic E-state index is -1.04. The molecule has 2 heterocycles. The number of carbonyl (C=O) groups excluding carboxylic acids is 1. The van der Waals surface area contributed by atoms with Gasteiger partial charge in [0.2, 0.25) is 5.91 Å². The van der Waals surface area contributed by atoms with Gasteiger partial charge >= 0.3 is 0 Å². The fourth-order valence-corrected chi connectivity index (χ4v) is 4.50. The van der Waals surface area contributed by atoms with Crippen LogP contribution in [0.15, 0.2) is 17.3 Å². The van der Waals surface area contributed by atoms with Gasteiger partial charge in [0.05, 0.1) is 12.7 Å². The molecule has 3 N–H and O–H groups in total. The van der Waals surface area contributed by atoms with E-state index in [1.54, 1.807) is 17.2 Å². The van der Waals surface area contributed by atoms with E-state index in [9.17, 15) is 20.3 Å². The van der Waals surface area contributed by atoms with Crippen LogP contribution in [-0.2, 0) is 9.53 Å². The van der Waals surface area contributed by atoms with E-state index in [4.69, 9.17) is 4.74 Å². The molecule has 34 heavy (non-hydrogen) atoms. The maximum absolute atomic E-state index is 12.2. The lowest BCUT2D eigenvalue weighted by Crippen LogP contribution is -2.40. The molecule has 192 valence electrons. The number of aliphatic hydroxyl groups excluding tert-OH is 2. The van der Waals surface area contributed by atoms with Crippen molar-refractivity contribution in [3.05, 3.63) is 12.3 Å². The van der Waals surface area contributed by atoms with Gasteiger partial charge < -0.3 is 25.2 Å². The van der Waals surface area contributed by atoms with Crippen LogP contribution in [0.1, 0.15) is 96.8 Å². The molecule has 8 nitrogen and oxygen atoms in total. The Balaban J connectivity index is 1.50. The first-order valence-corrected chi connectivity index (χ1v) is 13.2. The normalized spacial score (nSPS) is 24.2. The summed E-state index contributed by atoms with van der Waals surface area (Å²) >= 11 is 0. The van der Waals surface area contributed by atoms with Crippen molar-refractivity contribution in [2.45, 2.75) is 115 Å². The molecule has 0 saturated carbocycles. The van der Waals surface area contributed by atoms with Crippen molar-refractivity contribution in [1.82, 2.24) is 10.2 Å². The Hall–Kier alpha value is -1.95. The zero-order valence-corrected chi connectivity index (χ0v) is 20.8. The summed E-state index contributed by atoms with van der Waals surface area (Å²) in [4.78, 5) is 18.2. The monoisotopic (exact) mass is 476 g/mol. The lowest BCUT2D eigenvalue weighted by Gasteiger charge is -2.29. The van der Waals surface area contributed by atoms with Gasteiger partial charge in [0.15, 0.2) is 0 Å². The Labute approximate surface area is 205 Å². The highest BCUT2D eigenvalue weighted by atomic mass is 16.5. The number of unbranched alkanes of at least 4 members (excludes halogenated alkanes) is 12. The number of amides is 1. The zero-order valence-electron chi connectivity index (χ0n) is 20.8. The highest BCUT2D eigenvalue weighted by molar-refractivity contribution is 6.04. The summed E-state index contributed by atoms with van der Waals surface area (Å²) in [5, 5.41) is 31.5. The molecule has 0 radical (unpaired) electrons. The SMILES string of the molecule is CCCCCCCCCCCCCCCC(=O)NC1=NCN([C@@H]2O[C@H](CO)[C@@H](O)[C@@H]2C#N)C=C1. The third kappa shape index (κ3) is 9.73. The maximum atomic E-state index is 12.2. The Kier molecular flexibility index (Phi) is 13.8. The van der Waals surface area contributed by atoms with Gasteiger partial charge in [0, 0.05) is 12.6 Å². The average molecular weight is 477 g/mol. The summed E-state index contributed by atoms with van der Waals surface area (Å²) in [5.41, 5.74) is 0. The first-order chi connectivity index (χ1) is 16.6. The Morgan fingerprint density at radius 1 is 1.12 bits per heavy atom. The Morgan fingerprint density at radius 2 is 1.71 bits per heavy atom. The van der Waals surface area contributed by atoms with Crippen LogP contribution in [-0.4, -0.2) is 58.6 Å². The number of hydrogen-bond donors (Lipinski definition) is 3. The number of aliphatic hydroxyl groups is 2. The molecule has 0 spiro atoms. The van der Waals surface area contributed by atoms with Crippen LogP contribution in [0.4, 0.5) is 0 Å². The minimum Gasteiger partial charge on any atom is -0.394 e. The number of nitrogens with one attached hydrogen (secondary N) is 1. The molecular weight excluding hydrogens is 432 g/mol. The first kappa shape index (κ1) is 28.3. The highest BCUT2D eigenvalue weighted by Gasteiger charge is 2.46. The first-order valence-electron chi connectivity index (χ1n) is 13.2. The van der Waals surface area contributed by atoms with E-state index in [-0.39, 0.29) is 19.2 Å². The molecule has 2 rings (SSSR count). The molecule has 1 saturated heterocycles. The molecule has 0 bridgehead atoms. The quantitative estimate of drug-likeness (QED) is 0.290. The zero-order chi connectivity index (χ0) is 24.6. The molecular formula is C26H44N4O4.